The predicted molar refractivity (Wildman–Crippen MR) is 87.2 cm³/mol. The molecule has 21 heavy (non-hydrogen) atoms. The number of nitrogens with zero attached hydrogens (tertiary/aromatic N) is 1. The Morgan fingerprint density at radius 1 is 1.48 bits per heavy atom. The summed E-state index contributed by atoms with van der Waals surface area (Å²) < 4.78 is 0. The molecule has 1 atom stereocenters. The summed E-state index contributed by atoms with van der Waals surface area (Å²) >= 11 is 1.90. The molecule has 0 radical (unpaired) electrons. The van der Waals surface area contributed by atoms with Crippen molar-refractivity contribution in [2.75, 3.05) is 32.1 Å². The van der Waals surface area contributed by atoms with Crippen molar-refractivity contribution in [3.8, 4) is 0 Å². The number of aromatic amines is 1. The highest BCUT2D eigenvalue weighted by Crippen LogP contribution is 2.31. The van der Waals surface area contributed by atoms with E-state index in [0.717, 1.165) is 23.6 Å². The molecule has 1 amide bonds. The van der Waals surface area contributed by atoms with Crippen molar-refractivity contribution in [1.82, 2.24) is 15.2 Å². The number of hydrogen-bond donors (Lipinski definition) is 2. The van der Waals surface area contributed by atoms with Crippen molar-refractivity contribution in [1.29, 1.82) is 0 Å². The smallest absolute Gasteiger partial charge is 0.261 e. The van der Waals surface area contributed by atoms with Crippen molar-refractivity contribution in [2.45, 2.75) is 25.8 Å². The van der Waals surface area contributed by atoms with Crippen LogP contribution >= 0.6 is 11.8 Å². The molecule has 0 saturated carbocycles. The highest BCUT2D eigenvalue weighted by molar-refractivity contribution is 7.99. The molecule has 1 fully saturated rings. The Bertz CT molecular complexity index is 589. The SMILES string of the molecule is Cc1cc(C)c(C(=O)NC[C@@]2(N(C)C)CCSC2)c(=O)[nH]1. The number of carbonyl (C=O) groups is 1. The van der Waals surface area contributed by atoms with Gasteiger partial charge < -0.3 is 15.2 Å². The highest BCUT2D eigenvalue weighted by atomic mass is 32.2. The monoisotopic (exact) mass is 309 g/mol. The van der Waals surface area contributed by atoms with Crippen LogP contribution in [0.4, 0.5) is 0 Å². The summed E-state index contributed by atoms with van der Waals surface area (Å²) in [6.45, 7) is 4.18. The van der Waals surface area contributed by atoms with Crippen molar-refractivity contribution in [3.05, 3.63) is 33.2 Å². The van der Waals surface area contributed by atoms with Gasteiger partial charge in [-0.15, -0.1) is 0 Å². The van der Waals surface area contributed by atoms with Crippen LogP contribution in [-0.2, 0) is 0 Å². The molecule has 0 unspecified atom stereocenters. The number of pyridine rings is 1. The fourth-order valence-electron chi connectivity index (χ4n) is 2.72. The molecule has 2 N–H and O–H groups in total. The Morgan fingerprint density at radius 2 is 2.19 bits per heavy atom. The van der Waals surface area contributed by atoms with Gasteiger partial charge in [-0.3, -0.25) is 9.59 Å². The standard InChI is InChI=1S/C15H23N3O2S/c1-10-7-11(2)17-14(20)12(10)13(19)16-8-15(18(3)4)5-6-21-9-15/h7H,5-6,8-9H2,1-4H3,(H,16,19)(H,17,20)/t15-/m0/s1. The number of nitrogens with one attached hydrogen (secondary N) is 2. The Hall–Kier alpha value is -1.27. The van der Waals surface area contributed by atoms with E-state index in [4.69, 9.17) is 0 Å². The molecule has 0 spiro atoms. The fraction of sp³-hybridized carbons (Fsp3) is 0.600. The van der Waals surface area contributed by atoms with E-state index in [-0.39, 0.29) is 22.6 Å². The lowest BCUT2D eigenvalue weighted by Gasteiger charge is -2.35. The number of aromatic nitrogens is 1. The van der Waals surface area contributed by atoms with Crippen LogP contribution in [0.2, 0.25) is 0 Å². The van der Waals surface area contributed by atoms with Gasteiger partial charge in [0.1, 0.15) is 5.56 Å². The molecule has 1 aromatic rings. The van der Waals surface area contributed by atoms with E-state index in [9.17, 15) is 9.59 Å². The van der Waals surface area contributed by atoms with Crippen LogP contribution in [-0.4, -0.2) is 53.5 Å². The fourth-order valence-corrected chi connectivity index (χ4v) is 4.27. The maximum atomic E-state index is 12.4. The average molecular weight is 309 g/mol. The molecule has 0 bridgehead atoms. The van der Waals surface area contributed by atoms with E-state index < -0.39 is 0 Å². The minimum absolute atomic E-state index is 0.00824. The molecule has 6 heteroatoms. The van der Waals surface area contributed by atoms with Gasteiger partial charge in [-0.2, -0.15) is 11.8 Å². The zero-order chi connectivity index (χ0) is 15.6. The molecule has 116 valence electrons. The van der Waals surface area contributed by atoms with E-state index in [0.29, 0.717) is 12.1 Å². The first-order valence-electron chi connectivity index (χ1n) is 7.10. The summed E-state index contributed by atoms with van der Waals surface area (Å²) in [4.78, 5) is 29.2. The van der Waals surface area contributed by atoms with Crippen LogP contribution in [0.1, 0.15) is 28.0 Å². The van der Waals surface area contributed by atoms with Crippen LogP contribution in [0, 0.1) is 13.8 Å². The number of rotatable bonds is 4. The molecular weight excluding hydrogens is 286 g/mol. The van der Waals surface area contributed by atoms with E-state index in [1.807, 2.05) is 38.8 Å². The van der Waals surface area contributed by atoms with Crippen molar-refractivity contribution in [2.24, 2.45) is 0 Å². The van der Waals surface area contributed by atoms with Crippen molar-refractivity contribution in [3.63, 3.8) is 0 Å². The largest absolute Gasteiger partial charge is 0.350 e. The summed E-state index contributed by atoms with van der Waals surface area (Å²) in [5, 5.41) is 2.95. The number of likely N-dealkylation sites (N-methyl/N-ethyl adjacent to an activating group) is 1. The van der Waals surface area contributed by atoms with Crippen molar-refractivity contribution < 1.29 is 4.79 Å². The van der Waals surface area contributed by atoms with E-state index in [1.165, 1.54) is 0 Å². The maximum Gasteiger partial charge on any atom is 0.261 e. The number of amides is 1. The Kier molecular flexibility index (Phi) is 4.78. The molecule has 5 nitrogen and oxygen atoms in total. The molecule has 0 aliphatic carbocycles. The molecular formula is C15H23N3O2S. The van der Waals surface area contributed by atoms with Crippen LogP contribution < -0.4 is 10.9 Å². The second-order valence-electron chi connectivity index (χ2n) is 5.94. The van der Waals surface area contributed by atoms with Crippen molar-refractivity contribution >= 4 is 17.7 Å². The molecule has 1 aromatic heterocycles. The number of hydrogen-bond acceptors (Lipinski definition) is 4. The Morgan fingerprint density at radius 3 is 2.71 bits per heavy atom. The molecule has 1 saturated heterocycles. The normalized spacial score (nSPS) is 21.8. The van der Waals surface area contributed by atoms with Gasteiger partial charge in [-0.1, -0.05) is 0 Å². The topological polar surface area (TPSA) is 65.2 Å². The second-order valence-corrected chi connectivity index (χ2v) is 7.05. The minimum Gasteiger partial charge on any atom is -0.350 e. The van der Waals surface area contributed by atoms with Gasteiger partial charge in [-0.05, 0) is 51.7 Å². The van der Waals surface area contributed by atoms with Gasteiger partial charge in [-0.25, -0.2) is 0 Å². The quantitative estimate of drug-likeness (QED) is 0.876. The summed E-state index contributed by atoms with van der Waals surface area (Å²) in [5.41, 5.74) is 1.38. The molecule has 0 aromatic carbocycles. The Balaban J connectivity index is 2.14. The number of aryl methyl sites for hydroxylation is 2. The van der Waals surface area contributed by atoms with Gasteiger partial charge >= 0.3 is 0 Å². The Labute approximate surface area is 129 Å². The van der Waals surface area contributed by atoms with E-state index in [1.54, 1.807) is 6.92 Å². The first kappa shape index (κ1) is 16.1. The third-order valence-corrected chi connectivity index (χ3v) is 5.44. The van der Waals surface area contributed by atoms with Gasteiger partial charge in [0.05, 0.1) is 0 Å². The average Bonchev–Trinajstić information content (AvgIpc) is 2.85. The lowest BCUT2D eigenvalue weighted by atomic mass is 9.97. The number of carbonyl (C=O) groups excluding carboxylic acids is 1. The summed E-state index contributed by atoms with van der Waals surface area (Å²) in [6, 6.07) is 1.82. The van der Waals surface area contributed by atoms with Gasteiger partial charge in [0.2, 0.25) is 0 Å². The molecule has 1 aliphatic heterocycles. The lowest BCUT2D eigenvalue weighted by Crippen LogP contribution is -2.53. The van der Waals surface area contributed by atoms with Gasteiger partial charge in [0.25, 0.3) is 11.5 Å². The zero-order valence-electron chi connectivity index (χ0n) is 13.1. The highest BCUT2D eigenvalue weighted by Gasteiger charge is 2.37. The number of H-pyrrole nitrogens is 1. The predicted octanol–water partition coefficient (Wildman–Crippen LogP) is 1.16. The minimum atomic E-state index is -0.315. The summed E-state index contributed by atoms with van der Waals surface area (Å²) in [6.07, 6.45) is 1.05. The zero-order valence-corrected chi connectivity index (χ0v) is 13.9. The van der Waals surface area contributed by atoms with Crippen LogP contribution in [0.25, 0.3) is 0 Å². The van der Waals surface area contributed by atoms with E-state index >= 15 is 0 Å². The third-order valence-electron chi connectivity index (χ3n) is 4.20. The first-order chi connectivity index (χ1) is 9.85. The van der Waals surface area contributed by atoms with Crippen LogP contribution in [0.3, 0.4) is 0 Å². The summed E-state index contributed by atoms with van der Waals surface area (Å²) in [7, 11) is 4.09. The van der Waals surface area contributed by atoms with E-state index in [2.05, 4.69) is 15.2 Å². The van der Waals surface area contributed by atoms with Gasteiger partial charge in [0, 0.05) is 23.5 Å². The van der Waals surface area contributed by atoms with Gasteiger partial charge in [0.15, 0.2) is 0 Å². The van der Waals surface area contributed by atoms with Crippen LogP contribution in [0.5, 0.6) is 0 Å². The third kappa shape index (κ3) is 3.32. The first-order valence-corrected chi connectivity index (χ1v) is 8.25. The second kappa shape index (κ2) is 6.23. The maximum absolute atomic E-state index is 12.4. The van der Waals surface area contributed by atoms with Crippen LogP contribution in [0.15, 0.2) is 10.9 Å². The lowest BCUT2D eigenvalue weighted by molar-refractivity contribution is 0.0912. The molecule has 2 heterocycles. The number of thioether (sulfide) groups is 1. The summed E-state index contributed by atoms with van der Waals surface area (Å²) in [5.74, 6) is 1.83. The molecule has 1 aliphatic rings. The molecule has 2 rings (SSSR count).